The monoisotopic (exact) mass is 421 g/mol. The zero-order chi connectivity index (χ0) is 21.1. The number of carbonyl (C=O) groups is 2. The van der Waals surface area contributed by atoms with E-state index in [4.69, 9.17) is 4.42 Å². The number of aromatic nitrogens is 2. The lowest BCUT2D eigenvalue weighted by Gasteiger charge is -2.15. The predicted octanol–water partition coefficient (Wildman–Crippen LogP) is 4.53. The van der Waals surface area contributed by atoms with Gasteiger partial charge in [0.25, 0.3) is 5.22 Å². The Hall–Kier alpha value is -2.93. The Balaban J connectivity index is 1.57. The quantitative estimate of drug-likeness (QED) is 0.412. The summed E-state index contributed by atoms with van der Waals surface area (Å²) < 4.78 is 5.77. The average molecular weight is 422 g/mol. The molecule has 2 heterocycles. The topological polar surface area (TPSA) is 76.3 Å². The largest absolute Gasteiger partial charge is 0.414 e. The third kappa shape index (κ3) is 4.62. The molecular weight excluding hydrogens is 398 g/mol. The fraction of sp³-hybridized carbons (Fsp3) is 0.304. The van der Waals surface area contributed by atoms with Crippen molar-refractivity contribution in [3.8, 4) is 0 Å². The maximum absolute atomic E-state index is 13.3. The van der Waals surface area contributed by atoms with E-state index >= 15 is 0 Å². The van der Waals surface area contributed by atoms with Crippen LogP contribution in [0.25, 0.3) is 0 Å². The molecule has 1 aliphatic rings. The summed E-state index contributed by atoms with van der Waals surface area (Å²) in [6, 6.07) is 15.4. The molecule has 1 amide bonds. The van der Waals surface area contributed by atoms with E-state index in [1.807, 2.05) is 62.4 Å². The van der Waals surface area contributed by atoms with E-state index in [1.54, 1.807) is 4.90 Å². The molecule has 6 nitrogen and oxygen atoms in total. The maximum Gasteiger partial charge on any atom is 0.277 e. The molecule has 2 aromatic carbocycles. The standard InChI is InChI=1S/C23H23N3O3S/c1-15-5-9-17(10-6-15)21(28)22(18-11-7-16(2)8-12-18)30-23-25-24-19(29-23)14-26-13-3-4-20(26)27/h5-12,22H,3-4,13-14H2,1-2H3. The molecule has 1 unspecified atom stereocenters. The van der Waals surface area contributed by atoms with Crippen LogP contribution < -0.4 is 0 Å². The van der Waals surface area contributed by atoms with Crippen molar-refractivity contribution in [1.29, 1.82) is 0 Å². The van der Waals surface area contributed by atoms with Gasteiger partial charge in [-0.3, -0.25) is 9.59 Å². The van der Waals surface area contributed by atoms with Gasteiger partial charge in [0.15, 0.2) is 5.78 Å². The summed E-state index contributed by atoms with van der Waals surface area (Å²) in [6.07, 6.45) is 1.42. The van der Waals surface area contributed by atoms with Crippen LogP contribution in [0.15, 0.2) is 58.2 Å². The molecule has 0 N–H and O–H groups in total. The van der Waals surface area contributed by atoms with E-state index in [0.717, 1.165) is 23.1 Å². The van der Waals surface area contributed by atoms with Gasteiger partial charge < -0.3 is 9.32 Å². The van der Waals surface area contributed by atoms with Crippen LogP contribution >= 0.6 is 11.8 Å². The van der Waals surface area contributed by atoms with Crippen LogP contribution in [0.3, 0.4) is 0 Å². The van der Waals surface area contributed by atoms with Gasteiger partial charge in [-0.1, -0.05) is 59.7 Å². The molecule has 0 bridgehead atoms. The van der Waals surface area contributed by atoms with Crippen LogP contribution in [-0.4, -0.2) is 33.3 Å². The second-order valence-corrected chi connectivity index (χ2v) is 8.58. The smallest absolute Gasteiger partial charge is 0.277 e. The summed E-state index contributed by atoms with van der Waals surface area (Å²) in [7, 11) is 0. The summed E-state index contributed by atoms with van der Waals surface area (Å²) in [6.45, 7) is 5.03. The first-order chi connectivity index (χ1) is 14.5. The van der Waals surface area contributed by atoms with E-state index < -0.39 is 5.25 Å². The normalized spacial score (nSPS) is 14.9. The molecular formula is C23H23N3O3S. The molecule has 0 aliphatic carbocycles. The van der Waals surface area contributed by atoms with Gasteiger partial charge in [-0.15, -0.1) is 10.2 Å². The lowest BCUT2D eigenvalue weighted by molar-refractivity contribution is -0.128. The molecule has 154 valence electrons. The van der Waals surface area contributed by atoms with Crippen molar-refractivity contribution >= 4 is 23.5 Å². The highest BCUT2D eigenvalue weighted by molar-refractivity contribution is 8.00. The lowest BCUT2D eigenvalue weighted by Crippen LogP contribution is -2.23. The van der Waals surface area contributed by atoms with Crippen LogP contribution in [-0.2, 0) is 11.3 Å². The molecule has 3 aromatic rings. The van der Waals surface area contributed by atoms with Gasteiger partial charge in [-0.25, -0.2) is 0 Å². The van der Waals surface area contributed by atoms with Crippen molar-refractivity contribution < 1.29 is 14.0 Å². The van der Waals surface area contributed by atoms with Gasteiger partial charge in [-0.2, -0.15) is 0 Å². The van der Waals surface area contributed by atoms with E-state index in [2.05, 4.69) is 10.2 Å². The second kappa shape index (κ2) is 8.83. The molecule has 4 rings (SSSR count). The number of Topliss-reactive ketones (excluding diaryl/α,β-unsaturated/α-hetero) is 1. The molecule has 0 saturated carbocycles. The van der Waals surface area contributed by atoms with Gasteiger partial charge in [0.1, 0.15) is 5.25 Å². The first-order valence-corrected chi connectivity index (χ1v) is 10.8. The first kappa shape index (κ1) is 20.3. The van der Waals surface area contributed by atoms with Crippen LogP contribution in [0.4, 0.5) is 0 Å². The highest BCUT2D eigenvalue weighted by Gasteiger charge is 2.27. The zero-order valence-corrected chi connectivity index (χ0v) is 17.8. The Labute approximate surface area is 179 Å². The highest BCUT2D eigenvalue weighted by Crippen LogP contribution is 2.37. The highest BCUT2D eigenvalue weighted by atomic mass is 32.2. The number of benzene rings is 2. The molecule has 1 aromatic heterocycles. The fourth-order valence-electron chi connectivity index (χ4n) is 3.37. The number of amides is 1. The number of aryl methyl sites for hydroxylation is 2. The number of thioether (sulfide) groups is 1. The molecule has 1 aliphatic heterocycles. The lowest BCUT2D eigenvalue weighted by atomic mass is 10.0. The van der Waals surface area contributed by atoms with Gasteiger partial charge in [0.2, 0.25) is 11.8 Å². The van der Waals surface area contributed by atoms with Gasteiger partial charge in [0, 0.05) is 18.5 Å². The molecule has 1 saturated heterocycles. The van der Waals surface area contributed by atoms with E-state index in [1.165, 1.54) is 11.8 Å². The minimum atomic E-state index is -0.505. The van der Waals surface area contributed by atoms with Crippen molar-refractivity contribution in [3.05, 3.63) is 76.7 Å². The Morgan fingerprint density at radius 3 is 2.37 bits per heavy atom. The van der Waals surface area contributed by atoms with Crippen LogP contribution in [0.2, 0.25) is 0 Å². The summed E-state index contributed by atoms with van der Waals surface area (Å²) in [5.41, 5.74) is 3.75. The van der Waals surface area contributed by atoms with Crippen LogP contribution in [0, 0.1) is 13.8 Å². The van der Waals surface area contributed by atoms with Gasteiger partial charge >= 0.3 is 0 Å². The van der Waals surface area contributed by atoms with Crippen LogP contribution in [0.5, 0.6) is 0 Å². The molecule has 1 fully saturated rings. The number of nitrogens with zero attached hydrogens (tertiary/aromatic N) is 3. The number of ketones is 1. The number of hydrogen-bond donors (Lipinski definition) is 0. The Kier molecular flexibility index (Phi) is 5.99. The summed E-state index contributed by atoms with van der Waals surface area (Å²) in [5, 5.41) is 8.01. The molecule has 0 spiro atoms. The van der Waals surface area contributed by atoms with Crippen molar-refractivity contribution in [2.45, 2.75) is 43.7 Å². The van der Waals surface area contributed by atoms with E-state index in [9.17, 15) is 9.59 Å². The summed E-state index contributed by atoms with van der Waals surface area (Å²) in [5.74, 6) is 0.478. The summed E-state index contributed by atoms with van der Waals surface area (Å²) >= 11 is 1.24. The minimum Gasteiger partial charge on any atom is -0.414 e. The molecule has 7 heteroatoms. The zero-order valence-electron chi connectivity index (χ0n) is 17.0. The molecule has 0 radical (unpaired) electrons. The van der Waals surface area contributed by atoms with E-state index in [-0.39, 0.29) is 11.7 Å². The predicted molar refractivity (Wildman–Crippen MR) is 114 cm³/mol. The van der Waals surface area contributed by atoms with Crippen molar-refractivity contribution in [2.24, 2.45) is 0 Å². The maximum atomic E-state index is 13.3. The minimum absolute atomic E-state index is 0.0154. The first-order valence-electron chi connectivity index (χ1n) is 9.94. The van der Waals surface area contributed by atoms with Crippen molar-refractivity contribution in [1.82, 2.24) is 15.1 Å². The van der Waals surface area contributed by atoms with Gasteiger partial charge in [-0.05, 0) is 37.6 Å². The average Bonchev–Trinajstić information content (AvgIpc) is 3.36. The second-order valence-electron chi connectivity index (χ2n) is 7.52. The Morgan fingerprint density at radius 1 is 1.07 bits per heavy atom. The van der Waals surface area contributed by atoms with Crippen molar-refractivity contribution in [3.63, 3.8) is 0 Å². The number of likely N-dealkylation sites (tertiary alicyclic amines) is 1. The third-order valence-corrected chi connectivity index (χ3v) is 6.21. The summed E-state index contributed by atoms with van der Waals surface area (Å²) in [4.78, 5) is 26.9. The molecule has 1 atom stereocenters. The number of carbonyl (C=O) groups excluding carboxylic acids is 2. The Morgan fingerprint density at radius 2 is 1.73 bits per heavy atom. The molecule has 30 heavy (non-hydrogen) atoms. The van der Waals surface area contributed by atoms with Crippen molar-refractivity contribution in [2.75, 3.05) is 6.54 Å². The number of rotatable bonds is 7. The third-order valence-electron chi connectivity index (χ3n) is 5.12. The SMILES string of the molecule is Cc1ccc(C(=O)C(Sc2nnc(CN3CCCC3=O)o2)c2ccc(C)cc2)cc1. The van der Waals surface area contributed by atoms with Crippen LogP contribution in [0.1, 0.15) is 51.0 Å². The fourth-order valence-corrected chi connectivity index (χ4v) is 4.34. The Bertz CT molecular complexity index is 1040. The van der Waals surface area contributed by atoms with Gasteiger partial charge in [0.05, 0.1) is 6.54 Å². The number of hydrogen-bond acceptors (Lipinski definition) is 6. The van der Waals surface area contributed by atoms with E-state index in [0.29, 0.717) is 36.2 Å².